The van der Waals surface area contributed by atoms with Crippen molar-refractivity contribution in [3.8, 4) is 5.88 Å². The van der Waals surface area contributed by atoms with Crippen LogP contribution in [-0.4, -0.2) is 47.0 Å². The lowest BCUT2D eigenvalue weighted by Crippen LogP contribution is -2.30. The summed E-state index contributed by atoms with van der Waals surface area (Å²) < 4.78 is 22.5. The maximum absolute atomic E-state index is 12.8. The van der Waals surface area contributed by atoms with E-state index in [1.807, 2.05) is 36.4 Å². The largest absolute Gasteiger partial charge is 0.479 e. The van der Waals surface area contributed by atoms with Gasteiger partial charge in [-0.2, -0.15) is 0 Å². The topological polar surface area (TPSA) is 116 Å². The summed E-state index contributed by atoms with van der Waals surface area (Å²) >= 11 is 0. The first-order chi connectivity index (χ1) is 17.0. The van der Waals surface area contributed by atoms with Gasteiger partial charge in [0.2, 0.25) is 12.2 Å². The number of carboxylic acids is 1. The summed E-state index contributed by atoms with van der Waals surface area (Å²) in [5.74, 6) is -1.05. The molecule has 1 aromatic carbocycles. The molecule has 1 aromatic heterocycles. The number of amides is 1. The average Bonchev–Trinajstić information content (AvgIpc) is 3.30. The fourth-order valence-corrected chi connectivity index (χ4v) is 3.79. The highest BCUT2D eigenvalue weighted by Crippen LogP contribution is 2.24. The molecule has 0 fully saturated rings. The Morgan fingerprint density at radius 2 is 2.06 bits per heavy atom. The molecule has 0 spiro atoms. The number of hydrogen-bond acceptors (Lipinski definition) is 7. The third-order valence-corrected chi connectivity index (χ3v) is 5.70. The van der Waals surface area contributed by atoms with E-state index in [-0.39, 0.29) is 29.4 Å². The molecule has 3 atom stereocenters. The second kappa shape index (κ2) is 11.5. The van der Waals surface area contributed by atoms with Crippen molar-refractivity contribution in [2.45, 2.75) is 51.1 Å². The fraction of sp³-hybridized carbons (Fsp3) is 0.346. The lowest BCUT2D eigenvalue weighted by molar-refractivity contribution is -0.153. The number of carboxylic acid groups (broad SMARTS) is 1. The number of benzene rings is 1. The minimum Gasteiger partial charge on any atom is -0.479 e. The lowest BCUT2D eigenvalue weighted by Gasteiger charge is -2.24. The molecule has 1 aliphatic carbocycles. The van der Waals surface area contributed by atoms with Gasteiger partial charge in [-0.1, -0.05) is 42.0 Å². The van der Waals surface area contributed by atoms with Gasteiger partial charge < -0.3 is 29.4 Å². The Bertz CT molecular complexity index is 1100. The predicted molar refractivity (Wildman–Crippen MR) is 125 cm³/mol. The number of pyridine rings is 1. The molecule has 35 heavy (non-hydrogen) atoms. The monoisotopic (exact) mass is 480 g/mol. The molecule has 2 N–H and O–H groups in total. The van der Waals surface area contributed by atoms with Gasteiger partial charge in [-0.05, 0) is 43.9 Å². The van der Waals surface area contributed by atoms with Crippen molar-refractivity contribution in [3.63, 3.8) is 0 Å². The molecule has 2 unspecified atom stereocenters. The normalized spacial score (nSPS) is 20.0. The Kier molecular flexibility index (Phi) is 7.99. The Balaban J connectivity index is 1.28. The van der Waals surface area contributed by atoms with Crippen LogP contribution in [0.15, 0.2) is 72.5 Å². The molecule has 0 saturated carbocycles. The van der Waals surface area contributed by atoms with Gasteiger partial charge in [-0.15, -0.1) is 0 Å². The molecular formula is C26H28N2O7. The van der Waals surface area contributed by atoms with Crippen molar-refractivity contribution >= 4 is 11.9 Å². The van der Waals surface area contributed by atoms with Gasteiger partial charge in [-0.3, -0.25) is 4.79 Å². The maximum Gasteiger partial charge on any atom is 0.332 e. The minimum atomic E-state index is -0.974. The van der Waals surface area contributed by atoms with E-state index in [2.05, 4.69) is 10.3 Å². The first kappa shape index (κ1) is 24.3. The number of aliphatic carboxylic acids is 1. The number of aromatic nitrogens is 1. The van der Waals surface area contributed by atoms with Crippen LogP contribution in [0, 0.1) is 0 Å². The molecule has 4 rings (SSSR count). The number of carbonyl (C=O) groups is 2. The molecule has 1 amide bonds. The summed E-state index contributed by atoms with van der Waals surface area (Å²) in [6.07, 6.45) is 6.00. The van der Waals surface area contributed by atoms with Crippen LogP contribution in [0.1, 0.15) is 42.1 Å². The number of rotatable bonds is 10. The Morgan fingerprint density at radius 1 is 1.23 bits per heavy atom. The SMILES string of the molecule is C[C@@H](OC1CC=C(CNC(=O)c2cccnc2OC2=COC(Cc3ccccc3)O2)CC1)C(=O)O. The maximum atomic E-state index is 12.8. The molecule has 0 radical (unpaired) electrons. The van der Waals surface area contributed by atoms with Crippen LogP contribution in [0.5, 0.6) is 5.88 Å². The van der Waals surface area contributed by atoms with Crippen LogP contribution < -0.4 is 10.1 Å². The Labute approximate surface area is 203 Å². The van der Waals surface area contributed by atoms with E-state index in [1.165, 1.54) is 19.4 Å². The van der Waals surface area contributed by atoms with Crippen LogP contribution in [0.4, 0.5) is 0 Å². The number of nitrogens with zero attached hydrogens (tertiary/aromatic N) is 1. The molecule has 0 bridgehead atoms. The Morgan fingerprint density at radius 3 is 2.80 bits per heavy atom. The summed E-state index contributed by atoms with van der Waals surface area (Å²) in [6, 6.07) is 13.1. The summed E-state index contributed by atoms with van der Waals surface area (Å²) in [7, 11) is 0. The summed E-state index contributed by atoms with van der Waals surface area (Å²) in [5, 5.41) is 11.9. The van der Waals surface area contributed by atoms with Crippen molar-refractivity contribution in [2.24, 2.45) is 0 Å². The van der Waals surface area contributed by atoms with Gasteiger partial charge in [0.15, 0.2) is 12.4 Å². The molecule has 9 heteroatoms. The number of carbonyl (C=O) groups excluding carboxylic acids is 1. The molecule has 1 aliphatic heterocycles. The average molecular weight is 481 g/mol. The quantitative estimate of drug-likeness (QED) is 0.496. The van der Waals surface area contributed by atoms with Gasteiger partial charge in [0.1, 0.15) is 5.56 Å². The zero-order valence-corrected chi connectivity index (χ0v) is 19.4. The molecule has 184 valence electrons. The van der Waals surface area contributed by atoms with E-state index < -0.39 is 18.4 Å². The Hall–Kier alpha value is -3.85. The van der Waals surface area contributed by atoms with Crippen molar-refractivity contribution in [2.75, 3.05) is 6.54 Å². The van der Waals surface area contributed by atoms with Crippen LogP contribution in [0.3, 0.4) is 0 Å². The van der Waals surface area contributed by atoms with Crippen LogP contribution in [0.2, 0.25) is 0 Å². The van der Waals surface area contributed by atoms with Gasteiger partial charge in [0.25, 0.3) is 5.91 Å². The third-order valence-electron chi connectivity index (χ3n) is 5.70. The molecular weight excluding hydrogens is 452 g/mol. The third kappa shape index (κ3) is 6.83. The van der Waals surface area contributed by atoms with E-state index in [4.69, 9.17) is 24.1 Å². The van der Waals surface area contributed by atoms with Gasteiger partial charge in [0, 0.05) is 19.2 Å². The van der Waals surface area contributed by atoms with E-state index in [1.54, 1.807) is 12.1 Å². The second-order valence-electron chi connectivity index (χ2n) is 8.33. The highest BCUT2D eigenvalue weighted by Gasteiger charge is 2.25. The van der Waals surface area contributed by atoms with Crippen LogP contribution >= 0.6 is 0 Å². The van der Waals surface area contributed by atoms with Crippen molar-refractivity contribution in [1.82, 2.24) is 10.3 Å². The van der Waals surface area contributed by atoms with E-state index >= 15 is 0 Å². The van der Waals surface area contributed by atoms with E-state index in [9.17, 15) is 9.59 Å². The second-order valence-corrected chi connectivity index (χ2v) is 8.33. The zero-order valence-electron chi connectivity index (χ0n) is 19.4. The van der Waals surface area contributed by atoms with Crippen LogP contribution in [-0.2, 0) is 25.4 Å². The van der Waals surface area contributed by atoms with Crippen molar-refractivity contribution < 1.29 is 33.6 Å². The zero-order chi connectivity index (χ0) is 24.6. The van der Waals surface area contributed by atoms with E-state index in [0.717, 1.165) is 11.1 Å². The molecule has 2 heterocycles. The first-order valence-corrected chi connectivity index (χ1v) is 11.5. The lowest BCUT2D eigenvalue weighted by atomic mass is 9.97. The highest BCUT2D eigenvalue weighted by molar-refractivity contribution is 5.96. The van der Waals surface area contributed by atoms with Crippen LogP contribution in [0.25, 0.3) is 0 Å². The molecule has 9 nitrogen and oxygen atoms in total. The number of ether oxygens (including phenoxy) is 4. The van der Waals surface area contributed by atoms with E-state index in [0.29, 0.717) is 32.2 Å². The molecule has 2 aliphatic rings. The summed E-state index contributed by atoms with van der Waals surface area (Å²) in [4.78, 5) is 28.0. The van der Waals surface area contributed by atoms with Crippen molar-refractivity contribution in [3.05, 3.63) is 83.6 Å². The van der Waals surface area contributed by atoms with Gasteiger partial charge in [0.05, 0.1) is 6.10 Å². The number of hydrogen-bond donors (Lipinski definition) is 2. The fourth-order valence-electron chi connectivity index (χ4n) is 3.79. The summed E-state index contributed by atoms with van der Waals surface area (Å²) in [5.41, 5.74) is 2.40. The standard InChI is InChI=1S/C26H28N2O7/c1-17(26(30)31)33-20-11-9-19(10-12-20)15-28-24(29)21-8-5-13-27-25(21)35-23-16-32-22(34-23)14-18-6-3-2-4-7-18/h2-9,13,16-17,20,22H,10-12,14-15H2,1H3,(H,28,29)(H,30,31)/t17-,20?,22?/m1/s1. The van der Waals surface area contributed by atoms with Gasteiger partial charge >= 0.3 is 11.9 Å². The molecule has 2 aromatic rings. The summed E-state index contributed by atoms with van der Waals surface area (Å²) in [6.45, 7) is 1.90. The highest BCUT2D eigenvalue weighted by atomic mass is 16.8. The molecule has 0 saturated heterocycles. The number of nitrogens with one attached hydrogen (secondary N) is 1. The predicted octanol–water partition coefficient (Wildman–Crippen LogP) is 3.57. The first-order valence-electron chi connectivity index (χ1n) is 11.5. The minimum absolute atomic E-state index is 0.119. The smallest absolute Gasteiger partial charge is 0.332 e. The van der Waals surface area contributed by atoms with Crippen molar-refractivity contribution in [1.29, 1.82) is 0 Å². The van der Waals surface area contributed by atoms with Gasteiger partial charge in [-0.25, -0.2) is 9.78 Å².